The summed E-state index contributed by atoms with van der Waals surface area (Å²) in [5.74, 6) is -1.42. The van der Waals surface area contributed by atoms with Gasteiger partial charge in [0.25, 0.3) is 0 Å². The number of anilines is 2. The Labute approximate surface area is 237 Å². The summed E-state index contributed by atoms with van der Waals surface area (Å²) in [6.07, 6.45) is 6.06. The molecular formula is C28H31F2N5O5S. The van der Waals surface area contributed by atoms with Crippen molar-refractivity contribution >= 4 is 39.9 Å². The summed E-state index contributed by atoms with van der Waals surface area (Å²) in [5, 5.41) is 2.58. The van der Waals surface area contributed by atoms with E-state index in [4.69, 9.17) is 9.47 Å². The molecule has 0 unspecified atom stereocenters. The van der Waals surface area contributed by atoms with Crippen LogP contribution >= 0.6 is 0 Å². The largest absolute Gasteiger partial charge is 0.497 e. The zero-order valence-electron chi connectivity index (χ0n) is 23.1. The SMILES string of the molecule is COc1cccc(/C=C/c2cnc(Nc3cc(F)c(S(=O)(=O)N4CCN(C(=O)OC(C)(C)C)CC4)cc3F)nc2)c1. The van der Waals surface area contributed by atoms with Gasteiger partial charge < -0.3 is 19.7 Å². The highest BCUT2D eigenvalue weighted by Gasteiger charge is 2.34. The molecule has 1 N–H and O–H groups in total. The van der Waals surface area contributed by atoms with Crippen molar-refractivity contribution in [3.8, 4) is 5.75 Å². The highest BCUT2D eigenvalue weighted by molar-refractivity contribution is 7.89. The molecule has 1 amide bonds. The number of sulfonamides is 1. The Kier molecular flexibility index (Phi) is 8.88. The fourth-order valence-corrected chi connectivity index (χ4v) is 5.43. The van der Waals surface area contributed by atoms with Crippen LogP contribution in [0.1, 0.15) is 31.9 Å². The predicted molar refractivity (Wildman–Crippen MR) is 150 cm³/mol. The number of benzene rings is 2. The van der Waals surface area contributed by atoms with Gasteiger partial charge in [-0.3, -0.25) is 0 Å². The molecular weight excluding hydrogens is 556 g/mol. The summed E-state index contributed by atoms with van der Waals surface area (Å²) in [4.78, 5) is 21.1. The van der Waals surface area contributed by atoms with E-state index in [1.165, 1.54) is 17.3 Å². The number of halogens is 2. The van der Waals surface area contributed by atoms with Gasteiger partial charge in [0, 0.05) is 50.2 Å². The molecule has 0 aliphatic carbocycles. The Morgan fingerprint density at radius 3 is 2.27 bits per heavy atom. The third-order valence-electron chi connectivity index (χ3n) is 6.01. The number of ether oxygens (including phenoxy) is 2. The Morgan fingerprint density at radius 1 is 0.976 bits per heavy atom. The number of carbonyl (C=O) groups is 1. The Bertz CT molecular complexity index is 1530. The van der Waals surface area contributed by atoms with Crippen molar-refractivity contribution in [1.29, 1.82) is 0 Å². The van der Waals surface area contributed by atoms with Crippen molar-refractivity contribution in [2.45, 2.75) is 31.3 Å². The molecule has 1 saturated heterocycles. The maximum atomic E-state index is 15.0. The van der Waals surface area contributed by atoms with Gasteiger partial charge in [-0.25, -0.2) is 32.0 Å². The average molecular weight is 588 g/mol. The zero-order chi connectivity index (χ0) is 29.8. The Hall–Kier alpha value is -4.10. The van der Waals surface area contributed by atoms with E-state index in [0.717, 1.165) is 21.7 Å². The number of hydrogen-bond donors (Lipinski definition) is 1. The second-order valence-electron chi connectivity index (χ2n) is 10.2. The van der Waals surface area contributed by atoms with Crippen molar-refractivity contribution < 1.29 is 31.5 Å². The van der Waals surface area contributed by atoms with Crippen molar-refractivity contribution in [3.63, 3.8) is 0 Å². The molecule has 10 nitrogen and oxygen atoms in total. The van der Waals surface area contributed by atoms with Gasteiger partial charge in [-0.05, 0) is 44.5 Å². The van der Waals surface area contributed by atoms with Crippen molar-refractivity contribution in [3.05, 3.63) is 71.6 Å². The van der Waals surface area contributed by atoms with Crippen LogP contribution < -0.4 is 10.1 Å². The lowest BCUT2D eigenvalue weighted by Gasteiger charge is -2.35. The van der Waals surface area contributed by atoms with Gasteiger partial charge >= 0.3 is 6.09 Å². The molecule has 1 aliphatic rings. The van der Waals surface area contributed by atoms with Crippen LogP contribution in [0.5, 0.6) is 5.75 Å². The number of nitrogens with zero attached hydrogens (tertiary/aromatic N) is 4. The highest BCUT2D eigenvalue weighted by atomic mass is 32.2. The molecule has 218 valence electrons. The number of carbonyl (C=O) groups excluding carboxylic acids is 1. The van der Waals surface area contributed by atoms with Crippen molar-refractivity contribution in [2.24, 2.45) is 0 Å². The monoisotopic (exact) mass is 587 g/mol. The minimum absolute atomic E-state index is 0.00398. The van der Waals surface area contributed by atoms with Crippen LogP contribution in [0.4, 0.5) is 25.2 Å². The summed E-state index contributed by atoms with van der Waals surface area (Å²) < 4.78 is 67.6. The predicted octanol–water partition coefficient (Wildman–Crippen LogP) is 4.92. The zero-order valence-corrected chi connectivity index (χ0v) is 23.9. The van der Waals surface area contributed by atoms with Crippen LogP contribution in [-0.4, -0.2) is 72.6 Å². The van der Waals surface area contributed by atoms with E-state index in [1.54, 1.807) is 34.0 Å². The number of amides is 1. The molecule has 4 rings (SSSR count). The first-order chi connectivity index (χ1) is 19.4. The van der Waals surface area contributed by atoms with Crippen LogP contribution in [0, 0.1) is 11.6 Å². The summed E-state index contributed by atoms with van der Waals surface area (Å²) in [7, 11) is -2.78. The van der Waals surface area contributed by atoms with E-state index in [-0.39, 0.29) is 37.8 Å². The fraction of sp³-hybridized carbons (Fsp3) is 0.321. The van der Waals surface area contributed by atoms with Crippen molar-refractivity contribution in [2.75, 3.05) is 38.6 Å². The van der Waals surface area contributed by atoms with Gasteiger partial charge in [-0.2, -0.15) is 4.31 Å². The lowest BCUT2D eigenvalue weighted by Crippen LogP contribution is -2.51. The fourth-order valence-electron chi connectivity index (χ4n) is 3.95. The van der Waals surface area contributed by atoms with E-state index >= 15 is 0 Å². The van der Waals surface area contributed by atoms with Crippen LogP contribution in [0.15, 0.2) is 53.7 Å². The third-order valence-corrected chi connectivity index (χ3v) is 7.92. The standard InChI is InChI=1S/C28H31F2N5O5S/c1-28(2,3)40-27(36)34-10-12-35(13-11-34)41(37,38)25-16-22(29)24(15-23(25)30)33-26-31-17-20(18-32-26)9-8-19-6-5-7-21(14-19)39-4/h5-9,14-18H,10-13H2,1-4H3,(H,31,32,33)/b9-8+. The second kappa shape index (κ2) is 12.2. The molecule has 1 aliphatic heterocycles. The summed E-state index contributed by atoms with van der Waals surface area (Å²) in [5.41, 5.74) is 0.552. The van der Waals surface area contributed by atoms with Gasteiger partial charge in [0.05, 0.1) is 12.8 Å². The minimum Gasteiger partial charge on any atom is -0.497 e. The average Bonchev–Trinajstić information content (AvgIpc) is 2.93. The molecule has 0 radical (unpaired) electrons. The molecule has 41 heavy (non-hydrogen) atoms. The number of methoxy groups -OCH3 is 1. The first kappa shape index (κ1) is 29.9. The van der Waals surface area contributed by atoms with Crippen LogP contribution in [0.3, 0.4) is 0 Å². The number of piperazine rings is 1. The number of hydrogen-bond acceptors (Lipinski definition) is 8. The summed E-state index contributed by atoms with van der Waals surface area (Å²) >= 11 is 0. The lowest BCUT2D eigenvalue weighted by molar-refractivity contribution is 0.0192. The van der Waals surface area contributed by atoms with E-state index < -0.39 is 38.2 Å². The molecule has 1 aromatic heterocycles. The molecule has 1 fully saturated rings. The maximum absolute atomic E-state index is 15.0. The Balaban J connectivity index is 1.42. The normalized spacial score (nSPS) is 14.7. The van der Waals surface area contributed by atoms with Crippen LogP contribution in [0.25, 0.3) is 12.2 Å². The molecule has 0 atom stereocenters. The Morgan fingerprint density at radius 2 is 1.63 bits per heavy atom. The smallest absolute Gasteiger partial charge is 0.410 e. The number of rotatable bonds is 7. The summed E-state index contributed by atoms with van der Waals surface area (Å²) in [6.45, 7) is 5.12. The molecule has 0 spiro atoms. The number of nitrogens with one attached hydrogen (secondary N) is 1. The van der Waals surface area contributed by atoms with Gasteiger partial charge in [0.2, 0.25) is 16.0 Å². The molecule has 0 bridgehead atoms. The van der Waals surface area contributed by atoms with Gasteiger partial charge in [-0.1, -0.05) is 24.3 Å². The minimum atomic E-state index is -4.36. The van der Waals surface area contributed by atoms with Crippen molar-refractivity contribution in [1.82, 2.24) is 19.2 Å². The van der Waals surface area contributed by atoms with E-state index in [9.17, 15) is 22.0 Å². The van der Waals surface area contributed by atoms with Crippen LogP contribution in [-0.2, 0) is 14.8 Å². The molecule has 13 heteroatoms. The summed E-state index contributed by atoms with van der Waals surface area (Å²) in [6, 6.07) is 8.83. The molecule has 2 aromatic carbocycles. The molecule has 0 saturated carbocycles. The van der Waals surface area contributed by atoms with E-state index in [1.807, 2.05) is 30.3 Å². The van der Waals surface area contributed by atoms with Gasteiger partial charge in [0.15, 0.2) is 0 Å². The van der Waals surface area contributed by atoms with Crippen LogP contribution in [0.2, 0.25) is 0 Å². The maximum Gasteiger partial charge on any atom is 0.410 e. The van der Waals surface area contributed by atoms with Gasteiger partial charge in [0.1, 0.15) is 27.9 Å². The third kappa shape index (κ3) is 7.55. The quantitative estimate of drug-likeness (QED) is 0.415. The lowest BCUT2D eigenvalue weighted by atomic mass is 10.2. The molecule has 3 aromatic rings. The topological polar surface area (TPSA) is 114 Å². The van der Waals surface area contributed by atoms with E-state index in [0.29, 0.717) is 11.6 Å². The van der Waals surface area contributed by atoms with Gasteiger partial charge in [-0.15, -0.1) is 0 Å². The first-order valence-corrected chi connectivity index (χ1v) is 14.2. The molecule has 2 heterocycles. The highest BCUT2D eigenvalue weighted by Crippen LogP contribution is 2.28. The van der Waals surface area contributed by atoms with E-state index in [2.05, 4.69) is 15.3 Å². The second-order valence-corrected chi connectivity index (χ2v) is 12.1. The first-order valence-electron chi connectivity index (χ1n) is 12.7. The number of aromatic nitrogens is 2.